The summed E-state index contributed by atoms with van der Waals surface area (Å²) in [5.74, 6) is 1.31. The Hall–Kier alpha value is -1.98. The smallest absolute Gasteiger partial charge is 0.142 e. The van der Waals surface area contributed by atoms with Crippen LogP contribution in [0.3, 0.4) is 0 Å². The predicted octanol–water partition coefficient (Wildman–Crippen LogP) is 0.900. The van der Waals surface area contributed by atoms with Gasteiger partial charge in [-0.25, -0.2) is 0 Å². The molecular formula is C8H11N5O. The first-order valence-corrected chi connectivity index (χ1v) is 4.20. The molecule has 0 bridgehead atoms. The molecule has 0 saturated heterocycles. The Bertz CT molecular complexity index is 419. The van der Waals surface area contributed by atoms with Gasteiger partial charge in [-0.1, -0.05) is 5.16 Å². The van der Waals surface area contributed by atoms with Crippen molar-refractivity contribution >= 4 is 11.5 Å². The lowest BCUT2D eigenvalue weighted by molar-refractivity contribution is 0.391. The summed E-state index contributed by atoms with van der Waals surface area (Å²) >= 11 is 0. The highest BCUT2D eigenvalue weighted by atomic mass is 16.5. The first-order chi connectivity index (χ1) is 6.75. The predicted molar refractivity (Wildman–Crippen MR) is 51.6 cm³/mol. The van der Waals surface area contributed by atoms with Crippen molar-refractivity contribution < 1.29 is 4.52 Å². The van der Waals surface area contributed by atoms with E-state index in [1.54, 1.807) is 6.20 Å². The summed E-state index contributed by atoms with van der Waals surface area (Å²) in [4.78, 5) is 0. The van der Waals surface area contributed by atoms with Crippen LogP contribution < -0.4 is 11.1 Å². The van der Waals surface area contributed by atoms with E-state index in [1.807, 2.05) is 13.0 Å². The zero-order valence-corrected chi connectivity index (χ0v) is 7.74. The Morgan fingerprint density at radius 2 is 2.50 bits per heavy atom. The van der Waals surface area contributed by atoms with Crippen LogP contribution in [0.1, 0.15) is 11.5 Å². The highest BCUT2D eigenvalue weighted by molar-refractivity contribution is 5.59. The minimum Gasteiger partial charge on any atom is -0.382 e. The number of anilines is 2. The highest BCUT2D eigenvalue weighted by Crippen LogP contribution is 2.14. The molecule has 0 aliphatic rings. The third-order valence-electron chi connectivity index (χ3n) is 1.81. The van der Waals surface area contributed by atoms with Gasteiger partial charge in [-0.05, 0) is 6.92 Å². The van der Waals surface area contributed by atoms with E-state index >= 15 is 0 Å². The average Bonchev–Trinajstić information content (AvgIpc) is 2.72. The maximum Gasteiger partial charge on any atom is 0.142 e. The van der Waals surface area contributed by atoms with Crippen molar-refractivity contribution in [1.29, 1.82) is 0 Å². The Morgan fingerprint density at radius 3 is 3.07 bits per heavy atom. The largest absolute Gasteiger partial charge is 0.382 e. The zero-order chi connectivity index (χ0) is 9.97. The maximum absolute atomic E-state index is 5.59. The molecule has 0 aliphatic heterocycles. The van der Waals surface area contributed by atoms with E-state index in [4.69, 9.17) is 10.3 Å². The minimum absolute atomic E-state index is 0.519. The van der Waals surface area contributed by atoms with E-state index in [1.165, 1.54) is 0 Å². The molecule has 0 radical (unpaired) electrons. The second kappa shape index (κ2) is 3.41. The van der Waals surface area contributed by atoms with Gasteiger partial charge in [-0.3, -0.25) is 5.10 Å². The topological polar surface area (TPSA) is 92.8 Å². The summed E-state index contributed by atoms with van der Waals surface area (Å²) in [5.41, 5.74) is 7.19. The molecule has 0 atom stereocenters. The van der Waals surface area contributed by atoms with Crippen molar-refractivity contribution in [3.8, 4) is 0 Å². The van der Waals surface area contributed by atoms with Crippen molar-refractivity contribution in [3.63, 3.8) is 0 Å². The molecule has 0 saturated carbocycles. The maximum atomic E-state index is 5.59. The Morgan fingerprint density at radius 1 is 1.64 bits per heavy atom. The second-order valence-electron chi connectivity index (χ2n) is 2.98. The van der Waals surface area contributed by atoms with Crippen LogP contribution in [0.4, 0.5) is 11.5 Å². The van der Waals surface area contributed by atoms with Crippen LogP contribution in [0.15, 0.2) is 16.8 Å². The molecule has 0 spiro atoms. The molecule has 2 aromatic rings. The van der Waals surface area contributed by atoms with Crippen molar-refractivity contribution in [1.82, 2.24) is 15.4 Å². The normalized spacial score (nSPS) is 10.4. The van der Waals surface area contributed by atoms with Gasteiger partial charge in [0, 0.05) is 6.07 Å². The molecule has 2 rings (SSSR count). The summed E-state index contributed by atoms with van der Waals surface area (Å²) in [5, 5.41) is 13.3. The van der Waals surface area contributed by atoms with Gasteiger partial charge in [0.15, 0.2) is 0 Å². The first kappa shape index (κ1) is 8.61. The van der Waals surface area contributed by atoms with Crippen molar-refractivity contribution in [2.75, 3.05) is 11.1 Å². The van der Waals surface area contributed by atoms with Gasteiger partial charge < -0.3 is 15.6 Å². The second-order valence-corrected chi connectivity index (χ2v) is 2.98. The molecule has 0 unspecified atom stereocenters. The molecule has 6 nitrogen and oxygen atoms in total. The number of nitrogens with two attached hydrogens (primary N) is 1. The van der Waals surface area contributed by atoms with Crippen LogP contribution in [0.5, 0.6) is 0 Å². The molecular weight excluding hydrogens is 182 g/mol. The molecule has 2 aromatic heterocycles. The molecule has 0 aromatic carbocycles. The molecule has 74 valence electrons. The van der Waals surface area contributed by atoms with Gasteiger partial charge in [-0.15, -0.1) is 0 Å². The van der Waals surface area contributed by atoms with Crippen LogP contribution in [0.2, 0.25) is 0 Å². The molecule has 0 amide bonds. The Balaban J connectivity index is 1.98. The minimum atomic E-state index is 0.519. The fraction of sp³-hybridized carbons (Fsp3) is 0.250. The van der Waals surface area contributed by atoms with Gasteiger partial charge in [0.2, 0.25) is 0 Å². The highest BCUT2D eigenvalue weighted by Gasteiger charge is 2.02. The zero-order valence-electron chi connectivity index (χ0n) is 7.74. The number of aromatic nitrogens is 3. The van der Waals surface area contributed by atoms with Crippen LogP contribution >= 0.6 is 0 Å². The number of aromatic amines is 1. The number of nitrogens with zero attached hydrogens (tertiary/aromatic N) is 2. The summed E-state index contributed by atoms with van der Waals surface area (Å²) in [6.07, 6.45) is 1.63. The average molecular weight is 193 g/mol. The van der Waals surface area contributed by atoms with Gasteiger partial charge >= 0.3 is 0 Å². The quantitative estimate of drug-likeness (QED) is 0.673. The van der Waals surface area contributed by atoms with Gasteiger partial charge in [0.1, 0.15) is 17.3 Å². The molecule has 0 fully saturated rings. The standard InChI is InChI=1S/C8H11N5O/c1-5-2-6(13-14-5)3-10-7-4-11-12-8(7)9/h2,4,10H,3H2,1H3,(H3,9,11,12). The molecule has 2 heterocycles. The van der Waals surface area contributed by atoms with E-state index in [9.17, 15) is 0 Å². The third kappa shape index (κ3) is 1.68. The summed E-state index contributed by atoms with van der Waals surface area (Å²) in [6, 6.07) is 1.86. The van der Waals surface area contributed by atoms with Crippen molar-refractivity contribution in [3.05, 3.63) is 23.7 Å². The Labute approximate surface area is 80.5 Å². The fourth-order valence-corrected chi connectivity index (χ4v) is 1.12. The number of hydrogen-bond donors (Lipinski definition) is 3. The monoisotopic (exact) mass is 193 g/mol. The molecule has 14 heavy (non-hydrogen) atoms. The van der Waals surface area contributed by atoms with E-state index in [-0.39, 0.29) is 0 Å². The summed E-state index contributed by atoms with van der Waals surface area (Å²) in [7, 11) is 0. The van der Waals surface area contributed by atoms with Gasteiger partial charge in [0.05, 0.1) is 18.4 Å². The lowest BCUT2D eigenvalue weighted by Gasteiger charge is -1.99. The van der Waals surface area contributed by atoms with Gasteiger partial charge in [-0.2, -0.15) is 5.10 Å². The van der Waals surface area contributed by atoms with Crippen LogP contribution in [-0.2, 0) is 6.54 Å². The number of nitrogens with one attached hydrogen (secondary N) is 2. The van der Waals surface area contributed by atoms with Gasteiger partial charge in [0.25, 0.3) is 0 Å². The number of aryl methyl sites for hydroxylation is 1. The molecule has 0 aliphatic carbocycles. The van der Waals surface area contributed by atoms with Crippen LogP contribution in [-0.4, -0.2) is 15.4 Å². The number of rotatable bonds is 3. The number of hydrogen-bond acceptors (Lipinski definition) is 5. The van der Waals surface area contributed by atoms with Crippen LogP contribution in [0.25, 0.3) is 0 Å². The van der Waals surface area contributed by atoms with Crippen molar-refractivity contribution in [2.24, 2.45) is 0 Å². The van der Waals surface area contributed by atoms with E-state index in [2.05, 4.69) is 20.7 Å². The van der Waals surface area contributed by atoms with Crippen molar-refractivity contribution in [2.45, 2.75) is 13.5 Å². The third-order valence-corrected chi connectivity index (χ3v) is 1.81. The number of H-pyrrole nitrogens is 1. The van der Waals surface area contributed by atoms with Crippen LogP contribution in [0, 0.1) is 6.92 Å². The molecule has 4 N–H and O–H groups in total. The summed E-state index contributed by atoms with van der Waals surface area (Å²) < 4.78 is 4.92. The van der Waals surface area contributed by atoms with E-state index in [0.717, 1.165) is 17.1 Å². The summed E-state index contributed by atoms with van der Waals surface area (Å²) in [6.45, 7) is 2.42. The lowest BCUT2D eigenvalue weighted by Crippen LogP contribution is -2.00. The SMILES string of the molecule is Cc1cc(CNc2cn[nH]c2N)no1. The first-order valence-electron chi connectivity index (χ1n) is 4.20. The fourth-order valence-electron chi connectivity index (χ4n) is 1.12. The van der Waals surface area contributed by atoms with E-state index < -0.39 is 0 Å². The molecule has 6 heteroatoms. The number of nitrogen functional groups attached to an aromatic ring is 1. The Kier molecular flexibility index (Phi) is 2.10. The van der Waals surface area contributed by atoms with E-state index in [0.29, 0.717) is 12.4 Å². The lowest BCUT2D eigenvalue weighted by atomic mass is 10.3.